The number of morpholine rings is 2. The van der Waals surface area contributed by atoms with Crippen LogP contribution in [0, 0.1) is 0 Å². The molecule has 0 aromatic heterocycles. The molecule has 3 rings (SSSR count). The van der Waals surface area contributed by atoms with Crippen LogP contribution in [-0.4, -0.2) is 82.5 Å². The van der Waals surface area contributed by atoms with Gasteiger partial charge >= 0.3 is 0 Å². The van der Waals surface area contributed by atoms with Gasteiger partial charge in [-0.15, -0.1) is 0 Å². The van der Waals surface area contributed by atoms with E-state index >= 15 is 0 Å². The summed E-state index contributed by atoms with van der Waals surface area (Å²) in [7, 11) is -2.29. The van der Waals surface area contributed by atoms with Crippen LogP contribution in [0.2, 0.25) is 19.6 Å². The quantitative estimate of drug-likeness (QED) is 0.547. The van der Waals surface area contributed by atoms with Gasteiger partial charge in [-0.3, -0.25) is 9.59 Å². The standard InChI is InChI=1S/C20H30N2O5Si/c1-28(2,3)27-20(17-7-5-4-6-8-17,18(23)21-9-13-25-14-10-21)19(24)22-11-15-26-16-12-22/h4-8H,9-16H2,1-3H3. The number of nitrogens with zero attached hydrogens (tertiary/aromatic N) is 2. The maximum absolute atomic E-state index is 13.9. The molecule has 2 fully saturated rings. The van der Waals surface area contributed by atoms with E-state index in [1.54, 1.807) is 9.80 Å². The fourth-order valence-electron chi connectivity index (χ4n) is 3.60. The van der Waals surface area contributed by atoms with Crippen LogP contribution in [0.5, 0.6) is 0 Å². The number of hydrogen-bond acceptors (Lipinski definition) is 5. The van der Waals surface area contributed by atoms with E-state index in [4.69, 9.17) is 13.9 Å². The Hall–Kier alpha value is -1.74. The largest absolute Gasteiger partial charge is 0.393 e. The summed E-state index contributed by atoms with van der Waals surface area (Å²) >= 11 is 0. The molecule has 0 radical (unpaired) electrons. The van der Waals surface area contributed by atoms with Gasteiger partial charge in [-0.05, 0) is 19.6 Å². The van der Waals surface area contributed by atoms with Gasteiger partial charge in [-0.25, -0.2) is 0 Å². The first kappa shape index (κ1) is 21.0. The molecular weight excluding hydrogens is 376 g/mol. The molecule has 2 saturated heterocycles. The molecule has 154 valence electrons. The highest BCUT2D eigenvalue weighted by Crippen LogP contribution is 2.35. The number of ether oxygens (including phenoxy) is 2. The zero-order valence-electron chi connectivity index (χ0n) is 17.0. The summed E-state index contributed by atoms with van der Waals surface area (Å²) in [5.41, 5.74) is -1.08. The third kappa shape index (κ3) is 4.46. The van der Waals surface area contributed by atoms with E-state index in [1.165, 1.54) is 0 Å². The predicted octanol–water partition coefficient (Wildman–Crippen LogP) is 1.45. The number of carbonyl (C=O) groups excluding carboxylic acids is 2. The first-order valence-corrected chi connectivity index (χ1v) is 13.3. The fourth-order valence-corrected chi connectivity index (χ4v) is 4.81. The van der Waals surface area contributed by atoms with Gasteiger partial charge in [-0.1, -0.05) is 30.3 Å². The predicted molar refractivity (Wildman–Crippen MR) is 107 cm³/mol. The van der Waals surface area contributed by atoms with Crippen LogP contribution in [0.25, 0.3) is 0 Å². The Balaban J connectivity index is 2.10. The summed E-state index contributed by atoms with van der Waals surface area (Å²) in [6.45, 7) is 9.71. The lowest BCUT2D eigenvalue weighted by molar-refractivity contribution is -0.170. The van der Waals surface area contributed by atoms with E-state index in [0.717, 1.165) is 0 Å². The van der Waals surface area contributed by atoms with Crippen LogP contribution in [0.4, 0.5) is 0 Å². The number of carbonyl (C=O) groups is 2. The van der Waals surface area contributed by atoms with Gasteiger partial charge in [0, 0.05) is 31.7 Å². The molecular formula is C20H30N2O5Si. The molecule has 1 aromatic carbocycles. The van der Waals surface area contributed by atoms with Crippen molar-refractivity contribution in [3.8, 4) is 0 Å². The molecule has 8 heteroatoms. The number of benzene rings is 1. The Kier molecular flexibility index (Phi) is 6.54. The molecule has 2 amide bonds. The van der Waals surface area contributed by atoms with Gasteiger partial charge in [0.2, 0.25) is 5.60 Å². The highest BCUT2D eigenvalue weighted by atomic mass is 28.4. The van der Waals surface area contributed by atoms with Crippen molar-refractivity contribution in [2.75, 3.05) is 52.6 Å². The van der Waals surface area contributed by atoms with Crippen molar-refractivity contribution in [3.63, 3.8) is 0 Å². The third-order valence-corrected chi connectivity index (χ3v) is 5.76. The average molecular weight is 407 g/mol. The summed E-state index contributed by atoms with van der Waals surface area (Å²) < 4.78 is 17.3. The highest BCUT2D eigenvalue weighted by molar-refractivity contribution is 6.70. The Bertz CT molecular complexity index is 650. The van der Waals surface area contributed by atoms with Crippen molar-refractivity contribution in [3.05, 3.63) is 35.9 Å². The summed E-state index contributed by atoms with van der Waals surface area (Å²) in [4.78, 5) is 31.1. The van der Waals surface area contributed by atoms with Crippen LogP contribution in [0.15, 0.2) is 30.3 Å². The molecule has 2 heterocycles. The maximum atomic E-state index is 13.9. The monoisotopic (exact) mass is 406 g/mol. The molecule has 7 nitrogen and oxygen atoms in total. The minimum absolute atomic E-state index is 0.291. The third-order valence-electron chi connectivity index (χ3n) is 4.84. The van der Waals surface area contributed by atoms with Crippen molar-refractivity contribution < 1.29 is 23.5 Å². The van der Waals surface area contributed by atoms with E-state index in [0.29, 0.717) is 58.2 Å². The minimum atomic E-state index is -2.29. The number of amides is 2. The normalized spacial score (nSPS) is 18.8. The van der Waals surface area contributed by atoms with Gasteiger partial charge < -0.3 is 23.7 Å². The average Bonchev–Trinajstić information content (AvgIpc) is 2.72. The summed E-state index contributed by atoms with van der Waals surface area (Å²) in [6.07, 6.45) is 0. The molecule has 2 aliphatic rings. The van der Waals surface area contributed by atoms with E-state index in [2.05, 4.69) is 0 Å². The minimum Gasteiger partial charge on any atom is -0.393 e. The van der Waals surface area contributed by atoms with E-state index < -0.39 is 13.9 Å². The van der Waals surface area contributed by atoms with Crippen LogP contribution in [0.3, 0.4) is 0 Å². The number of rotatable bonds is 5. The summed E-state index contributed by atoms with van der Waals surface area (Å²) in [5.74, 6) is -0.582. The van der Waals surface area contributed by atoms with Gasteiger partial charge in [-0.2, -0.15) is 0 Å². The van der Waals surface area contributed by atoms with Crippen molar-refractivity contribution in [2.45, 2.75) is 25.2 Å². The van der Waals surface area contributed by atoms with Crippen LogP contribution >= 0.6 is 0 Å². The lowest BCUT2D eigenvalue weighted by Crippen LogP contribution is -2.63. The molecule has 0 atom stereocenters. The van der Waals surface area contributed by atoms with E-state index in [1.807, 2.05) is 50.0 Å². The lowest BCUT2D eigenvalue weighted by atomic mass is 9.90. The first-order chi connectivity index (χ1) is 13.3. The van der Waals surface area contributed by atoms with Crippen LogP contribution in [0.1, 0.15) is 5.56 Å². The number of hydrogen-bond donors (Lipinski definition) is 0. The summed E-state index contributed by atoms with van der Waals surface area (Å²) in [5, 5.41) is 0. The molecule has 0 saturated carbocycles. The summed E-state index contributed by atoms with van der Waals surface area (Å²) in [6, 6.07) is 9.20. The molecule has 0 N–H and O–H groups in total. The molecule has 2 aliphatic heterocycles. The first-order valence-electron chi connectivity index (χ1n) is 9.84. The van der Waals surface area contributed by atoms with Crippen molar-refractivity contribution in [1.82, 2.24) is 9.80 Å². The van der Waals surface area contributed by atoms with Crippen LogP contribution < -0.4 is 0 Å². The maximum Gasteiger partial charge on any atom is 0.268 e. The Labute approximate surface area is 167 Å². The Morgan fingerprint density at radius 2 is 1.29 bits per heavy atom. The van der Waals surface area contributed by atoms with Gasteiger partial charge in [0.05, 0.1) is 26.4 Å². The molecule has 0 unspecified atom stereocenters. The van der Waals surface area contributed by atoms with Crippen molar-refractivity contribution in [1.29, 1.82) is 0 Å². The second kappa shape index (κ2) is 8.73. The zero-order valence-corrected chi connectivity index (χ0v) is 18.0. The molecule has 1 aromatic rings. The van der Waals surface area contributed by atoms with Crippen LogP contribution in [-0.2, 0) is 29.1 Å². The SMILES string of the molecule is C[Si](C)(C)OC(C(=O)N1CCOCC1)(C(=O)N1CCOCC1)c1ccccc1. The fraction of sp³-hybridized carbons (Fsp3) is 0.600. The zero-order chi connectivity index (χ0) is 20.2. The lowest BCUT2D eigenvalue weighted by Gasteiger charge is -2.43. The second-order valence-electron chi connectivity index (χ2n) is 8.07. The van der Waals surface area contributed by atoms with Crippen molar-refractivity contribution in [2.24, 2.45) is 0 Å². The molecule has 0 spiro atoms. The van der Waals surface area contributed by atoms with Crippen molar-refractivity contribution >= 4 is 20.1 Å². The molecule has 28 heavy (non-hydrogen) atoms. The Morgan fingerprint density at radius 1 is 0.857 bits per heavy atom. The second-order valence-corrected chi connectivity index (χ2v) is 12.5. The Morgan fingerprint density at radius 3 is 1.68 bits per heavy atom. The van der Waals surface area contributed by atoms with E-state index in [-0.39, 0.29) is 11.8 Å². The highest BCUT2D eigenvalue weighted by Gasteiger charge is 2.55. The topological polar surface area (TPSA) is 68.3 Å². The van der Waals surface area contributed by atoms with E-state index in [9.17, 15) is 9.59 Å². The van der Waals surface area contributed by atoms with Gasteiger partial charge in [0.15, 0.2) is 8.32 Å². The smallest absolute Gasteiger partial charge is 0.268 e. The van der Waals surface area contributed by atoms with Gasteiger partial charge in [0.25, 0.3) is 11.8 Å². The van der Waals surface area contributed by atoms with Gasteiger partial charge in [0.1, 0.15) is 0 Å². The molecule has 0 aliphatic carbocycles. The molecule has 0 bridgehead atoms.